The molecule has 0 aromatic rings. The zero-order valence-electron chi connectivity index (χ0n) is 4.53. The predicted molar refractivity (Wildman–Crippen MR) is 27.4 cm³/mol. The molecule has 0 heterocycles. The van der Waals surface area contributed by atoms with Crippen LogP contribution < -0.4 is 12.3 Å². The highest BCUT2D eigenvalue weighted by molar-refractivity contribution is 5.32. The van der Waals surface area contributed by atoms with Crippen LogP contribution in [0, 0.1) is 0 Å². The van der Waals surface area contributed by atoms with E-state index >= 15 is 0 Å². The maximum atomic E-state index is 9.07. The van der Waals surface area contributed by atoms with E-state index in [2.05, 4.69) is 15.2 Å². The van der Waals surface area contributed by atoms with Gasteiger partial charge in [0.05, 0.1) is 0 Å². The minimum absolute atomic E-state index is 0. The molecule has 52 valence electrons. The fourth-order valence-electron chi connectivity index (χ4n) is 0.0537. The van der Waals surface area contributed by atoms with Crippen LogP contribution in [-0.4, -0.2) is 12.2 Å². The van der Waals surface area contributed by atoms with Crippen molar-refractivity contribution in [3.05, 3.63) is 0 Å². The van der Waals surface area contributed by atoms with E-state index in [4.69, 9.17) is 9.59 Å². The molecule has 0 spiro atoms. The molecule has 0 rings (SSSR count). The topological polar surface area (TPSA) is 138 Å². The summed E-state index contributed by atoms with van der Waals surface area (Å²) in [5.74, 6) is 0. The standard InChI is InChI=1S/C2N2O3.2H3N/c5-1-3-7-4-2-6;;/h;2*1H3. The van der Waals surface area contributed by atoms with E-state index in [1.165, 1.54) is 0 Å². The first-order valence-electron chi connectivity index (χ1n) is 1.22. The molecule has 0 fully saturated rings. The average molecular weight is 134 g/mol. The second-order valence-corrected chi connectivity index (χ2v) is 0.447. The zero-order chi connectivity index (χ0) is 5.54. The Labute approximate surface area is 50.5 Å². The summed E-state index contributed by atoms with van der Waals surface area (Å²) in [5.41, 5.74) is 0. The Morgan fingerprint density at radius 2 is 1.33 bits per heavy atom. The number of isocyanates is 2. The van der Waals surface area contributed by atoms with Gasteiger partial charge in [-0.2, -0.15) is 0 Å². The highest BCUT2D eigenvalue weighted by atomic mass is 16.8. The number of nitrogens with zero attached hydrogens (tertiary/aromatic N) is 2. The van der Waals surface area contributed by atoms with Gasteiger partial charge >= 0.3 is 0 Å². The average Bonchev–Trinajstić information content (AvgIpc) is 1.69. The van der Waals surface area contributed by atoms with Gasteiger partial charge in [-0.05, 0) is 0 Å². The van der Waals surface area contributed by atoms with Crippen LogP contribution in [0.15, 0.2) is 10.3 Å². The second kappa shape index (κ2) is 16.1. The molecule has 7 heteroatoms. The van der Waals surface area contributed by atoms with Crippen LogP contribution in [0.3, 0.4) is 0 Å². The maximum absolute atomic E-state index is 9.07. The minimum atomic E-state index is 0. The lowest BCUT2D eigenvalue weighted by atomic mass is 11.6. The fraction of sp³-hybridized carbons (Fsp3) is 0. The lowest BCUT2D eigenvalue weighted by Gasteiger charge is -1.66. The van der Waals surface area contributed by atoms with Crippen molar-refractivity contribution in [2.75, 3.05) is 0 Å². The van der Waals surface area contributed by atoms with Crippen LogP contribution in [0.4, 0.5) is 0 Å². The van der Waals surface area contributed by atoms with Crippen molar-refractivity contribution in [2.45, 2.75) is 0 Å². The SMILES string of the molecule is N.N.O=C=NON=C=O. The first-order chi connectivity index (χ1) is 3.41. The number of hydrogen-bond donors (Lipinski definition) is 2. The van der Waals surface area contributed by atoms with Crippen LogP contribution in [-0.2, 0) is 14.5 Å². The van der Waals surface area contributed by atoms with Gasteiger partial charge in [-0.3, -0.25) is 0 Å². The van der Waals surface area contributed by atoms with Gasteiger partial charge in [0.15, 0.2) is 0 Å². The van der Waals surface area contributed by atoms with Gasteiger partial charge in [-0.15, -0.1) is 0 Å². The van der Waals surface area contributed by atoms with Gasteiger partial charge in [0.2, 0.25) is 0 Å². The normalized spacial score (nSPS) is 4.00. The van der Waals surface area contributed by atoms with E-state index in [1.807, 2.05) is 0 Å². The molecule has 7 nitrogen and oxygen atoms in total. The third-order valence-electron chi connectivity index (χ3n) is 0.156. The number of carbonyl (C=O) groups excluding carboxylic acids is 2. The van der Waals surface area contributed by atoms with Crippen molar-refractivity contribution >= 4 is 12.2 Å². The highest BCUT2D eigenvalue weighted by Gasteiger charge is 1.61. The lowest BCUT2D eigenvalue weighted by Crippen LogP contribution is -1.61. The molecular formula is C2H6N4O3. The van der Waals surface area contributed by atoms with Gasteiger partial charge in [0, 0.05) is 10.3 Å². The Hall–Kier alpha value is -1.52. The van der Waals surface area contributed by atoms with Gasteiger partial charge in [-0.25, -0.2) is 14.5 Å². The van der Waals surface area contributed by atoms with Gasteiger partial charge in [0.1, 0.15) is 0 Å². The summed E-state index contributed by atoms with van der Waals surface area (Å²) < 4.78 is 0. The molecule has 0 aliphatic carbocycles. The van der Waals surface area contributed by atoms with Crippen LogP contribution >= 0.6 is 0 Å². The van der Waals surface area contributed by atoms with E-state index in [1.54, 1.807) is 0 Å². The Morgan fingerprint density at radius 3 is 1.56 bits per heavy atom. The molecule has 0 bridgehead atoms. The Morgan fingerprint density at radius 1 is 1.00 bits per heavy atom. The van der Waals surface area contributed by atoms with Gasteiger partial charge in [0.25, 0.3) is 12.2 Å². The first kappa shape index (κ1) is 15.6. The largest absolute Gasteiger partial charge is 0.344 e. The van der Waals surface area contributed by atoms with Crippen LogP contribution in [0.25, 0.3) is 0 Å². The molecule has 0 aliphatic rings. The monoisotopic (exact) mass is 134 g/mol. The van der Waals surface area contributed by atoms with Crippen molar-refractivity contribution in [3.63, 3.8) is 0 Å². The molecule has 0 atom stereocenters. The second-order valence-electron chi connectivity index (χ2n) is 0.447. The smallest absolute Gasteiger partial charge is 0.279 e. The molecule has 0 saturated carbocycles. The van der Waals surface area contributed by atoms with Crippen molar-refractivity contribution in [3.8, 4) is 0 Å². The summed E-state index contributed by atoms with van der Waals surface area (Å²) >= 11 is 0. The van der Waals surface area contributed by atoms with E-state index in [9.17, 15) is 0 Å². The molecule has 0 aromatic heterocycles. The van der Waals surface area contributed by atoms with Crippen molar-refractivity contribution in [1.82, 2.24) is 12.3 Å². The van der Waals surface area contributed by atoms with E-state index in [0.717, 1.165) is 12.2 Å². The van der Waals surface area contributed by atoms with E-state index < -0.39 is 0 Å². The van der Waals surface area contributed by atoms with E-state index in [0.29, 0.717) is 0 Å². The number of hydrogen-bond acceptors (Lipinski definition) is 7. The Bertz CT molecular complexity index is 117. The molecule has 0 aromatic carbocycles. The molecule has 0 unspecified atom stereocenters. The summed E-state index contributed by atoms with van der Waals surface area (Å²) in [6.07, 6.45) is 1.97. The summed E-state index contributed by atoms with van der Waals surface area (Å²) in [4.78, 5) is 21.7. The third kappa shape index (κ3) is 21.1. The molecule has 0 saturated heterocycles. The highest BCUT2D eigenvalue weighted by Crippen LogP contribution is 1.65. The molecular weight excluding hydrogens is 128 g/mol. The van der Waals surface area contributed by atoms with Crippen LogP contribution in [0.2, 0.25) is 0 Å². The molecule has 9 heavy (non-hydrogen) atoms. The number of rotatable bonds is 2. The quantitative estimate of drug-likeness (QED) is 0.306. The molecule has 6 N–H and O–H groups in total. The zero-order valence-corrected chi connectivity index (χ0v) is 4.53. The molecule has 0 radical (unpaired) electrons. The van der Waals surface area contributed by atoms with Crippen molar-refractivity contribution in [1.29, 1.82) is 0 Å². The van der Waals surface area contributed by atoms with Crippen molar-refractivity contribution in [2.24, 2.45) is 10.3 Å². The van der Waals surface area contributed by atoms with Gasteiger partial charge < -0.3 is 12.3 Å². The summed E-state index contributed by atoms with van der Waals surface area (Å²) in [6.45, 7) is 0. The minimum Gasteiger partial charge on any atom is -0.344 e. The first-order valence-corrected chi connectivity index (χ1v) is 1.22. The lowest BCUT2D eigenvalue weighted by molar-refractivity contribution is 0.154. The Kier molecular flexibility index (Phi) is 27.9. The molecule has 0 amide bonds. The third-order valence-corrected chi connectivity index (χ3v) is 0.156. The maximum Gasteiger partial charge on any atom is 0.279 e. The summed E-state index contributed by atoms with van der Waals surface area (Å²) in [6, 6.07) is 0. The van der Waals surface area contributed by atoms with Crippen LogP contribution in [0.5, 0.6) is 0 Å². The van der Waals surface area contributed by atoms with Gasteiger partial charge in [-0.1, -0.05) is 0 Å². The predicted octanol–water partition coefficient (Wildman–Crippen LogP) is -0.171. The molecule has 0 aliphatic heterocycles. The Balaban J connectivity index is -0.000000180. The fourth-order valence-corrected chi connectivity index (χ4v) is 0.0537. The van der Waals surface area contributed by atoms with Crippen LogP contribution in [0.1, 0.15) is 0 Å². The van der Waals surface area contributed by atoms with E-state index in [-0.39, 0.29) is 12.3 Å². The summed E-state index contributed by atoms with van der Waals surface area (Å²) in [7, 11) is 0. The summed E-state index contributed by atoms with van der Waals surface area (Å²) in [5, 5.41) is 4.85. The van der Waals surface area contributed by atoms with Crippen molar-refractivity contribution < 1.29 is 14.5 Å².